The maximum atomic E-state index is 13.2. The van der Waals surface area contributed by atoms with Gasteiger partial charge in [-0.1, -0.05) is 54.2 Å². The van der Waals surface area contributed by atoms with Crippen molar-refractivity contribution in [3.63, 3.8) is 0 Å². The van der Waals surface area contributed by atoms with Crippen LogP contribution in [0.2, 0.25) is 0 Å². The minimum atomic E-state index is -3.95. The number of rotatable bonds is 5. The lowest BCUT2D eigenvalue weighted by Gasteiger charge is -2.44. The summed E-state index contributed by atoms with van der Waals surface area (Å²) in [5, 5.41) is 10.4. The molecule has 0 radical (unpaired) electrons. The van der Waals surface area contributed by atoms with Crippen LogP contribution in [0.3, 0.4) is 0 Å². The monoisotopic (exact) mass is 484 g/mol. The van der Waals surface area contributed by atoms with Gasteiger partial charge in [0.1, 0.15) is 11.4 Å². The van der Waals surface area contributed by atoms with Crippen molar-refractivity contribution in [3.05, 3.63) is 65.7 Å². The van der Waals surface area contributed by atoms with Crippen LogP contribution in [0.5, 0.6) is 5.75 Å². The van der Waals surface area contributed by atoms with E-state index in [1.165, 1.54) is 6.42 Å². The van der Waals surface area contributed by atoms with Gasteiger partial charge in [0.05, 0.1) is 6.04 Å². The fourth-order valence-electron chi connectivity index (χ4n) is 4.59. The van der Waals surface area contributed by atoms with Crippen LogP contribution >= 0.6 is 11.3 Å². The number of nitrogens with zero attached hydrogens (tertiary/aromatic N) is 2. The molecule has 1 unspecified atom stereocenters. The number of para-hydroxylation sites is 1. The lowest BCUT2D eigenvalue weighted by Crippen LogP contribution is -2.46. The highest BCUT2D eigenvalue weighted by molar-refractivity contribution is 7.91. The molecule has 2 aromatic carbocycles. The first kappa shape index (κ1) is 22.0. The molecule has 8 nitrogen and oxygen atoms in total. The van der Waals surface area contributed by atoms with Crippen LogP contribution in [0.15, 0.2) is 58.9 Å². The Hall–Kier alpha value is -2.82. The van der Waals surface area contributed by atoms with Gasteiger partial charge in [0.25, 0.3) is 15.9 Å². The van der Waals surface area contributed by atoms with Crippen LogP contribution in [0.1, 0.15) is 60.5 Å². The number of ether oxygens (including phenoxy) is 1. The Morgan fingerprint density at radius 1 is 1.00 bits per heavy atom. The number of amides is 1. The van der Waals surface area contributed by atoms with Gasteiger partial charge in [0.2, 0.25) is 9.47 Å². The fraction of sp³-hybridized carbons (Fsp3) is 0.348. The molecule has 5 rings (SSSR count). The largest absolute Gasteiger partial charge is 0.487 e. The van der Waals surface area contributed by atoms with Gasteiger partial charge in [-0.15, -0.1) is 10.2 Å². The Bertz CT molecular complexity index is 1250. The Labute approximate surface area is 196 Å². The molecular formula is C23H24N4O4S2. The van der Waals surface area contributed by atoms with Gasteiger partial charge < -0.3 is 4.74 Å². The fourth-order valence-corrected chi connectivity index (χ4v) is 6.72. The number of fused-ring (bicyclic) bond motifs is 1. The number of hydrogen-bond acceptors (Lipinski definition) is 7. The summed E-state index contributed by atoms with van der Waals surface area (Å²) in [4.78, 5) is 12.3. The van der Waals surface area contributed by atoms with Crippen molar-refractivity contribution in [3.8, 4) is 5.75 Å². The summed E-state index contributed by atoms with van der Waals surface area (Å²) in [6.07, 6.45) is 5.71. The van der Waals surface area contributed by atoms with Crippen molar-refractivity contribution >= 4 is 32.4 Å². The molecule has 1 spiro atoms. The normalized spacial score (nSPS) is 19.5. The molecule has 0 saturated heterocycles. The first-order valence-electron chi connectivity index (χ1n) is 10.9. The zero-order chi connectivity index (χ0) is 22.9. The molecule has 1 aliphatic heterocycles. The molecule has 0 bridgehead atoms. The number of hydrogen-bond donors (Lipinski definition) is 2. The molecule has 10 heteroatoms. The molecule has 1 saturated carbocycles. The van der Waals surface area contributed by atoms with Crippen LogP contribution < -0.4 is 14.8 Å². The third-order valence-corrected chi connectivity index (χ3v) is 8.83. The summed E-state index contributed by atoms with van der Waals surface area (Å²) in [6, 6.07) is 15.8. The van der Waals surface area contributed by atoms with Crippen molar-refractivity contribution < 1.29 is 17.9 Å². The van der Waals surface area contributed by atoms with E-state index in [0.29, 0.717) is 12.0 Å². The number of benzene rings is 2. The van der Waals surface area contributed by atoms with Gasteiger partial charge in [-0.05, 0) is 43.9 Å². The van der Waals surface area contributed by atoms with E-state index in [4.69, 9.17) is 4.74 Å². The topological polar surface area (TPSA) is 110 Å². The van der Waals surface area contributed by atoms with Crippen molar-refractivity contribution in [2.24, 2.45) is 0 Å². The van der Waals surface area contributed by atoms with Crippen molar-refractivity contribution in [2.75, 3.05) is 5.32 Å². The van der Waals surface area contributed by atoms with E-state index >= 15 is 0 Å². The van der Waals surface area contributed by atoms with Gasteiger partial charge in [-0.25, -0.2) is 13.1 Å². The van der Waals surface area contributed by atoms with E-state index in [-0.39, 0.29) is 21.0 Å². The Morgan fingerprint density at radius 2 is 1.73 bits per heavy atom. The summed E-state index contributed by atoms with van der Waals surface area (Å²) in [7, 11) is -3.95. The second-order valence-electron chi connectivity index (χ2n) is 8.45. The van der Waals surface area contributed by atoms with Gasteiger partial charge in [-0.2, -0.15) is 0 Å². The predicted molar refractivity (Wildman–Crippen MR) is 125 cm³/mol. The highest BCUT2D eigenvalue weighted by Gasteiger charge is 2.43. The maximum absolute atomic E-state index is 13.2. The summed E-state index contributed by atoms with van der Waals surface area (Å²) in [5.41, 5.74) is 0.918. The van der Waals surface area contributed by atoms with Crippen LogP contribution in [-0.2, 0) is 10.0 Å². The third-order valence-electron chi connectivity index (χ3n) is 6.15. The van der Waals surface area contributed by atoms with Crippen LogP contribution in [0.25, 0.3) is 0 Å². The molecule has 2 heterocycles. The minimum Gasteiger partial charge on any atom is -0.487 e. The molecule has 2 aliphatic rings. The Morgan fingerprint density at radius 3 is 2.52 bits per heavy atom. The van der Waals surface area contributed by atoms with Gasteiger partial charge in [-0.3, -0.25) is 10.1 Å². The smallest absolute Gasteiger partial charge is 0.270 e. The summed E-state index contributed by atoms with van der Waals surface area (Å²) in [5.74, 6) is 0.354. The summed E-state index contributed by atoms with van der Waals surface area (Å²) in [6.45, 7) is 0. The van der Waals surface area contributed by atoms with E-state index in [1.807, 2.05) is 30.3 Å². The SMILES string of the molecule is O=C(Nc1nnc(S(=O)(=O)NC2CC3(CCCCC3)Oc3ccccc32)s1)c1ccccc1. The van der Waals surface area contributed by atoms with Crippen molar-refractivity contribution in [1.82, 2.24) is 14.9 Å². The van der Waals surface area contributed by atoms with E-state index < -0.39 is 16.1 Å². The Balaban J connectivity index is 1.36. The summed E-state index contributed by atoms with van der Waals surface area (Å²) < 4.78 is 35.4. The first-order valence-corrected chi connectivity index (χ1v) is 13.2. The number of sulfonamides is 1. The minimum absolute atomic E-state index is 0.125. The molecule has 1 fully saturated rings. The first-order chi connectivity index (χ1) is 15.9. The number of nitrogens with one attached hydrogen (secondary N) is 2. The molecule has 33 heavy (non-hydrogen) atoms. The van der Waals surface area contributed by atoms with E-state index in [9.17, 15) is 13.2 Å². The zero-order valence-corrected chi connectivity index (χ0v) is 19.5. The number of carbonyl (C=O) groups is 1. The van der Waals surface area contributed by atoms with Gasteiger partial charge in [0, 0.05) is 17.5 Å². The molecule has 3 aromatic rings. The molecule has 1 aliphatic carbocycles. The van der Waals surface area contributed by atoms with Crippen molar-refractivity contribution in [1.29, 1.82) is 0 Å². The lowest BCUT2D eigenvalue weighted by atomic mass is 9.77. The lowest BCUT2D eigenvalue weighted by molar-refractivity contribution is 0.0000717. The number of aromatic nitrogens is 2. The molecule has 1 amide bonds. The highest BCUT2D eigenvalue weighted by Crippen LogP contribution is 2.46. The molecule has 1 aromatic heterocycles. The van der Waals surface area contributed by atoms with Crippen LogP contribution in [0, 0.1) is 0 Å². The number of carbonyl (C=O) groups excluding carboxylic acids is 1. The van der Waals surface area contributed by atoms with Crippen molar-refractivity contribution in [2.45, 2.75) is 54.5 Å². The predicted octanol–water partition coefficient (Wildman–Crippen LogP) is 4.30. The summed E-state index contributed by atoms with van der Waals surface area (Å²) >= 11 is 0.824. The van der Waals surface area contributed by atoms with E-state index in [1.54, 1.807) is 24.3 Å². The van der Waals surface area contributed by atoms with Gasteiger partial charge >= 0.3 is 0 Å². The van der Waals surface area contributed by atoms with Gasteiger partial charge in [0.15, 0.2) is 0 Å². The third kappa shape index (κ3) is 4.64. The van der Waals surface area contributed by atoms with Crippen LogP contribution in [-0.4, -0.2) is 30.1 Å². The van der Waals surface area contributed by atoms with E-state index in [2.05, 4.69) is 20.2 Å². The average Bonchev–Trinajstić information content (AvgIpc) is 3.29. The quantitative estimate of drug-likeness (QED) is 0.523. The zero-order valence-electron chi connectivity index (χ0n) is 17.9. The standard InChI is InChI=1S/C23H24N4O4S2/c28-20(16-9-3-1-4-10-16)24-21-25-26-22(32-21)33(29,30)27-18-15-23(13-7-2-8-14-23)31-19-12-6-5-11-17(18)19/h1,3-6,9-12,18,27H,2,7-8,13-15H2,(H,24,25,28). The molecule has 1 atom stereocenters. The average molecular weight is 485 g/mol. The highest BCUT2D eigenvalue weighted by atomic mass is 32.2. The second-order valence-corrected chi connectivity index (χ2v) is 11.3. The van der Waals surface area contributed by atoms with E-state index in [0.717, 1.165) is 48.3 Å². The Kier molecular flexibility index (Phi) is 5.90. The molecule has 172 valence electrons. The second kappa shape index (κ2) is 8.85. The maximum Gasteiger partial charge on any atom is 0.270 e. The van der Waals surface area contributed by atoms with Crippen LogP contribution in [0.4, 0.5) is 5.13 Å². The number of anilines is 1. The molecular weight excluding hydrogens is 460 g/mol. The molecule has 2 N–H and O–H groups in total.